The van der Waals surface area contributed by atoms with Crippen LogP contribution in [0.15, 0.2) is 35.5 Å². The van der Waals surface area contributed by atoms with Crippen LogP contribution in [0.25, 0.3) is 16.8 Å². The van der Waals surface area contributed by atoms with Gasteiger partial charge in [0, 0.05) is 42.8 Å². The van der Waals surface area contributed by atoms with Crippen molar-refractivity contribution in [3.8, 4) is 11.1 Å². The van der Waals surface area contributed by atoms with Crippen molar-refractivity contribution >= 4 is 11.3 Å². The van der Waals surface area contributed by atoms with Crippen LogP contribution < -0.4 is 10.5 Å². The topological polar surface area (TPSA) is 55.4 Å². The lowest BCUT2D eigenvalue weighted by molar-refractivity contribution is -0.287. The van der Waals surface area contributed by atoms with Crippen molar-refractivity contribution in [3.05, 3.63) is 46.8 Å². The number of fused-ring (bicyclic) bond motifs is 1. The Kier molecular flexibility index (Phi) is 4.93. The standard InChI is InChI=1S/C18H13F8N5O/c19-16(20,18(24,25)26)9-30-8-10(7-27-30)13-14(17(21,22)23)28-12-6-11(29-3-1-4-29)2-5-31(12)15(13)32/h2,5-8H,1,3-4,9H2. The summed E-state index contributed by atoms with van der Waals surface area (Å²) >= 11 is 0. The highest BCUT2D eigenvalue weighted by Gasteiger charge is 2.57. The maximum Gasteiger partial charge on any atom is 0.455 e. The zero-order valence-corrected chi connectivity index (χ0v) is 15.9. The van der Waals surface area contributed by atoms with Crippen molar-refractivity contribution in [2.45, 2.75) is 31.2 Å². The molecule has 0 saturated carbocycles. The van der Waals surface area contributed by atoms with Crippen LogP contribution in [0, 0.1) is 0 Å². The van der Waals surface area contributed by atoms with Crippen LogP contribution in [-0.4, -0.2) is 44.4 Å². The van der Waals surface area contributed by atoms with Gasteiger partial charge in [-0.25, -0.2) is 4.98 Å². The van der Waals surface area contributed by atoms with Crippen LogP contribution in [0.5, 0.6) is 0 Å². The van der Waals surface area contributed by atoms with E-state index in [0.717, 1.165) is 10.8 Å². The van der Waals surface area contributed by atoms with E-state index in [1.165, 1.54) is 18.3 Å². The van der Waals surface area contributed by atoms with Gasteiger partial charge in [-0.1, -0.05) is 0 Å². The number of nitrogens with zero attached hydrogens (tertiary/aromatic N) is 5. The first kappa shape index (κ1) is 22.0. The zero-order valence-electron chi connectivity index (χ0n) is 15.9. The minimum Gasteiger partial charge on any atom is -0.371 e. The van der Waals surface area contributed by atoms with Gasteiger partial charge in [-0.15, -0.1) is 0 Å². The summed E-state index contributed by atoms with van der Waals surface area (Å²) in [6.07, 6.45) is -7.71. The Morgan fingerprint density at radius 1 is 1.03 bits per heavy atom. The SMILES string of the molecule is O=c1c(-c2cnn(CC(F)(F)C(F)(F)F)c2)c(C(F)(F)F)nc2cc(N3CCC3)ccn12. The van der Waals surface area contributed by atoms with Crippen LogP contribution in [0.2, 0.25) is 0 Å². The first-order valence-electron chi connectivity index (χ1n) is 9.14. The summed E-state index contributed by atoms with van der Waals surface area (Å²) in [5, 5.41) is 3.28. The molecular weight excluding hydrogens is 454 g/mol. The van der Waals surface area contributed by atoms with Crippen molar-refractivity contribution in [2.24, 2.45) is 0 Å². The first-order valence-corrected chi connectivity index (χ1v) is 9.14. The molecule has 0 N–H and O–H groups in total. The van der Waals surface area contributed by atoms with Crippen molar-refractivity contribution in [1.29, 1.82) is 0 Å². The summed E-state index contributed by atoms with van der Waals surface area (Å²) in [6, 6.07) is 2.83. The molecule has 6 nitrogen and oxygen atoms in total. The molecule has 3 aromatic heterocycles. The van der Waals surface area contributed by atoms with Gasteiger partial charge in [0.05, 0.1) is 11.8 Å². The Morgan fingerprint density at radius 2 is 1.72 bits per heavy atom. The minimum atomic E-state index is -5.88. The molecule has 4 heterocycles. The second-order valence-corrected chi connectivity index (χ2v) is 7.22. The van der Waals surface area contributed by atoms with Gasteiger partial charge in [0.25, 0.3) is 5.56 Å². The average Bonchev–Trinajstić information content (AvgIpc) is 3.05. The fraction of sp³-hybridized carbons (Fsp3) is 0.389. The third-order valence-electron chi connectivity index (χ3n) is 5.00. The Balaban J connectivity index is 1.82. The van der Waals surface area contributed by atoms with Gasteiger partial charge < -0.3 is 4.90 Å². The highest BCUT2D eigenvalue weighted by atomic mass is 19.4. The van der Waals surface area contributed by atoms with E-state index in [1.807, 2.05) is 4.90 Å². The lowest BCUT2D eigenvalue weighted by Crippen LogP contribution is -2.40. The molecule has 4 rings (SSSR count). The number of hydrogen-bond donors (Lipinski definition) is 0. The van der Waals surface area contributed by atoms with Gasteiger partial charge in [0.15, 0.2) is 5.69 Å². The lowest BCUT2D eigenvalue weighted by Gasteiger charge is -2.33. The third kappa shape index (κ3) is 3.77. The van der Waals surface area contributed by atoms with E-state index >= 15 is 0 Å². The molecular formula is C18H13F8N5O. The molecule has 172 valence electrons. The van der Waals surface area contributed by atoms with Crippen LogP contribution in [0.3, 0.4) is 0 Å². The molecule has 32 heavy (non-hydrogen) atoms. The van der Waals surface area contributed by atoms with E-state index in [2.05, 4.69) is 10.1 Å². The Labute approximate surface area is 173 Å². The second kappa shape index (κ2) is 7.17. The summed E-state index contributed by atoms with van der Waals surface area (Å²) in [6.45, 7) is -0.557. The summed E-state index contributed by atoms with van der Waals surface area (Å²) in [7, 11) is 0. The maximum atomic E-state index is 13.7. The van der Waals surface area contributed by atoms with Gasteiger partial charge in [0.2, 0.25) is 0 Å². The summed E-state index contributed by atoms with van der Waals surface area (Å²) in [5.74, 6) is -5.17. The van der Waals surface area contributed by atoms with Gasteiger partial charge in [0.1, 0.15) is 12.2 Å². The maximum absolute atomic E-state index is 13.7. The lowest BCUT2D eigenvalue weighted by atomic mass is 10.1. The molecule has 0 aliphatic carbocycles. The van der Waals surface area contributed by atoms with Crippen molar-refractivity contribution in [2.75, 3.05) is 18.0 Å². The van der Waals surface area contributed by atoms with Gasteiger partial charge in [-0.3, -0.25) is 13.9 Å². The fourth-order valence-corrected chi connectivity index (χ4v) is 3.24. The van der Waals surface area contributed by atoms with E-state index in [4.69, 9.17) is 0 Å². The quantitative estimate of drug-likeness (QED) is 0.545. The minimum absolute atomic E-state index is 0.129. The average molecular weight is 467 g/mol. The number of hydrogen-bond acceptors (Lipinski definition) is 4. The number of alkyl halides is 8. The van der Waals surface area contributed by atoms with E-state index in [1.54, 1.807) is 0 Å². The highest BCUT2D eigenvalue weighted by Crippen LogP contribution is 2.38. The van der Waals surface area contributed by atoms with Crippen LogP contribution in [-0.2, 0) is 12.7 Å². The summed E-state index contributed by atoms with van der Waals surface area (Å²) < 4.78 is 106. The van der Waals surface area contributed by atoms with E-state index in [-0.39, 0.29) is 10.3 Å². The van der Waals surface area contributed by atoms with Gasteiger partial charge in [-0.05, 0) is 12.5 Å². The molecule has 1 aliphatic rings. The predicted octanol–water partition coefficient (Wildman–Crippen LogP) is 3.98. The van der Waals surface area contributed by atoms with Gasteiger partial charge >= 0.3 is 18.3 Å². The van der Waals surface area contributed by atoms with Crippen molar-refractivity contribution in [1.82, 2.24) is 19.2 Å². The molecule has 0 radical (unpaired) electrons. The fourth-order valence-electron chi connectivity index (χ4n) is 3.24. The molecule has 0 unspecified atom stereocenters. The Morgan fingerprint density at radius 3 is 2.28 bits per heavy atom. The van der Waals surface area contributed by atoms with Gasteiger partial charge in [-0.2, -0.15) is 40.2 Å². The van der Waals surface area contributed by atoms with E-state index in [9.17, 15) is 39.9 Å². The third-order valence-corrected chi connectivity index (χ3v) is 5.00. The van der Waals surface area contributed by atoms with Crippen LogP contribution in [0.1, 0.15) is 12.1 Å². The van der Waals surface area contributed by atoms with Crippen molar-refractivity contribution < 1.29 is 35.1 Å². The second-order valence-electron chi connectivity index (χ2n) is 7.22. The van der Waals surface area contributed by atoms with Crippen LogP contribution in [0.4, 0.5) is 40.8 Å². The number of anilines is 1. The summed E-state index contributed by atoms with van der Waals surface area (Å²) in [4.78, 5) is 18.3. The molecule has 1 aliphatic heterocycles. The summed E-state index contributed by atoms with van der Waals surface area (Å²) in [5.41, 5.74) is -4.06. The molecule has 0 amide bonds. The number of aromatic nitrogens is 4. The molecule has 0 spiro atoms. The van der Waals surface area contributed by atoms with E-state index < -0.39 is 47.2 Å². The van der Waals surface area contributed by atoms with E-state index in [0.29, 0.717) is 31.2 Å². The Bertz CT molecular complexity index is 1220. The largest absolute Gasteiger partial charge is 0.455 e. The molecule has 0 atom stereocenters. The number of halogens is 8. The molecule has 3 aromatic rings. The molecule has 14 heteroatoms. The van der Waals surface area contributed by atoms with Crippen molar-refractivity contribution in [3.63, 3.8) is 0 Å². The zero-order chi connectivity index (χ0) is 23.5. The molecule has 1 saturated heterocycles. The number of rotatable bonds is 4. The Hall–Kier alpha value is -3.19. The normalized spacial score (nSPS) is 15.3. The predicted molar refractivity (Wildman–Crippen MR) is 95.5 cm³/mol. The highest BCUT2D eigenvalue weighted by molar-refractivity contribution is 5.67. The molecule has 0 aromatic carbocycles. The molecule has 0 bridgehead atoms. The smallest absolute Gasteiger partial charge is 0.371 e. The van der Waals surface area contributed by atoms with Crippen LogP contribution >= 0.6 is 0 Å². The number of pyridine rings is 1. The first-order chi connectivity index (χ1) is 14.8. The monoisotopic (exact) mass is 467 g/mol. The molecule has 1 fully saturated rings.